The summed E-state index contributed by atoms with van der Waals surface area (Å²) >= 11 is 0. The molecule has 19 nitrogen and oxygen atoms in total. The normalized spacial score (nSPS) is 54.4. The standard InChI is InChI=1S/C26H49N5O14/c27-5-10-15(35)16(36)12(30)24(40-10)44-21-11(6-32)41-26(18(21)38)45-23-14(34)7(28)4-8(29)19(23)42-25-13(31)17(37)22-20(43-25)9(33)2-1-3-39-22/h7-26,32-38H,1-6,27-31H2/t7-,8?,9?,10?,11-,12?,13?,14?,15-,16?,17?,18?,19-,20?,21?,22+,23?,24-,25+,26+/m1/s1. The number of hydrogen-bond donors (Lipinski definition) is 12. The third kappa shape index (κ3) is 7.04. The fraction of sp³-hybridized carbons (Fsp3) is 1.00. The molecule has 4 aliphatic heterocycles. The van der Waals surface area contributed by atoms with Gasteiger partial charge in [-0.2, -0.15) is 0 Å². The fourth-order valence-corrected chi connectivity index (χ4v) is 6.67. The average molecular weight is 656 g/mol. The molecule has 20 atom stereocenters. The zero-order valence-corrected chi connectivity index (χ0v) is 24.7. The summed E-state index contributed by atoms with van der Waals surface area (Å²) in [5.74, 6) is 0. The lowest BCUT2D eigenvalue weighted by Crippen LogP contribution is -2.68. The van der Waals surface area contributed by atoms with Crippen molar-refractivity contribution in [1.29, 1.82) is 0 Å². The van der Waals surface area contributed by atoms with Gasteiger partial charge in [-0.3, -0.25) is 0 Å². The predicted octanol–water partition coefficient (Wildman–Crippen LogP) is -7.68. The molecule has 5 rings (SSSR count). The lowest BCUT2D eigenvalue weighted by atomic mass is 9.84. The molecular formula is C26H49N5O14. The summed E-state index contributed by atoms with van der Waals surface area (Å²) in [5.41, 5.74) is 30.4. The third-order valence-electron chi connectivity index (χ3n) is 9.38. The smallest absolute Gasteiger partial charge is 0.187 e. The highest BCUT2D eigenvalue weighted by Crippen LogP contribution is 2.35. The van der Waals surface area contributed by atoms with Crippen LogP contribution in [0.4, 0.5) is 0 Å². The number of aliphatic hydroxyl groups is 7. The first-order chi connectivity index (χ1) is 21.4. The van der Waals surface area contributed by atoms with Gasteiger partial charge in [-0.1, -0.05) is 0 Å². The minimum atomic E-state index is -1.60. The van der Waals surface area contributed by atoms with Crippen LogP contribution in [-0.4, -0.2) is 178 Å². The minimum Gasteiger partial charge on any atom is -0.394 e. The van der Waals surface area contributed by atoms with Crippen LogP contribution in [0, 0.1) is 0 Å². The van der Waals surface area contributed by atoms with E-state index in [-0.39, 0.29) is 13.0 Å². The van der Waals surface area contributed by atoms with E-state index in [1.54, 1.807) is 0 Å². The van der Waals surface area contributed by atoms with Crippen molar-refractivity contribution in [2.75, 3.05) is 19.8 Å². The van der Waals surface area contributed by atoms with Gasteiger partial charge in [-0.15, -0.1) is 0 Å². The number of fused-ring (bicyclic) bond motifs is 1. The van der Waals surface area contributed by atoms with Gasteiger partial charge < -0.3 is 97.6 Å². The number of aliphatic hydroxyl groups excluding tert-OH is 7. The second kappa shape index (κ2) is 14.8. The van der Waals surface area contributed by atoms with E-state index in [4.69, 9.17) is 61.8 Å². The van der Waals surface area contributed by atoms with Crippen molar-refractivity contribution < 1.29 is 68.9 Å². The minimum absolute atomic E-state index is 0.0977. The SMILES string of the molecule is NCC1O[C@H](OC2C(O)[C@H](OC3C(O)[C@H](N)CC(N)[C@H]3O[C@H]3OC4C(O)CCCO[C@H]4C(O)C3N)O[C@@H]2CO)C(N)C(O)[C@@H]1O. The summed E-state index contributed by atoms with van der Waals surface area (Å²) in [6, 6.07) is -4.08. The summed E-state index contributed by atoms with van der Waals surface area (Å²) in [5, 5.41) is 74.3. The van der Waals surface area contributed by atoms with Crippen molar-refractivity contribution in [3.05, 3.63) is 0 Å². The second-order valence-corrected chi connectivity index (χ2v) is 12.5. The van der Waals surface area contributed by atoms with Gasteiger partial charge in [0.05, 0.1) is 30.9 Å². The second-order valence-electron chi connectivity index (χ2n) is 12.5. The van der Waals surface area contributed by atoms with Crippen LogP contribution in [0.3, 0.4) is 0 Å². The fourth-order valence-electron chi connectivity index (χ4n) is 6.67. The molecule has 4 saturated heterocycles. The number of hydrogen-bond acceptors (Lipinski definition) is 19. The molecule has 0 aromatic rings. The summed E-state index contributed by atoms with van der Waals surface area (Å²) in [6.07, 6.45) is -19.0. The van der Waals surface area contributed by atoms with Crippen LogP contribution in [-0.2, 0) is 33.2 Å². The van der Waals surface area contributed by atoms with Crippen molar-refractivity contribution in [1.82, 2.24) is 0 Å². The molecule has 1 aliphatic carbocycles. The van der Waals surface area contributed by atoms with Crippen molar-refractivity contribution >= 4 is 0 Å². The van der Waals surface area contributed by atoms with Crippen LogP contribution in [0.5, 0.6) is 0 Å². The molecule has 45 heavy (non-hydrogen) atoms. The molecule has 0 amide bonds. The van der Waals surface area contributed by atoms with Gasteiger partial charge in [0.1, 0.15) is 67.1 Å². The average Bonchev–Trinajstić information content (AvgIpc) is 3.18. The third-order valence-corrected chi connectivity index (χ3v) is 9.38. The van der Waals surface area contributed by atoms with Crippen LogP contribution >= 0.6 is 0 Å². The van der Waals surface area contributed by atoms with Crippen LogP contribution in [0.2, 0.25) is 0 Å². The monoisotopic (exact) mass is 655 g/mol. The Bertz CT molecular complexity index is 962. The van der Waals surface area contributed by atoms with E-state index < -0.39 is 129 Å². The van der Waals surface area contributed by atoms with Gasteiger partial charge in [-0.25, -0.2) is 0 Å². The molecule has 1 saturated carbocycles. The van der Waals surface area contributed by atoms with E-state index in [0.29, 0.717) is 19.4 Å². The van der Waals surface area contributed by atoms with Gasteiger partial charge in [0, 0.05) is 25.2 Å². The highest BCUT2D eigenvalue weighted by Gasteiger charge is 2.55. The molecular weight excluding hydrogens is 606 g/mol. The first-order valence-corrected chi connectivity index (χ1v) is 15.3. The molecule has 17 N–H and O–H groups in total. The molecule has 12 unspecified atom stereocenters. The summed E-state index contributed by atoms with van der Waals surface area (Å²) in [7, 11) is 0. The van der Waals surface area contributed by atoms with Gasteiger partial charge >= 0.3 is 0 Å². The maximum atomic E-state index is 11.2. The van der Waals surface area contributed by atoms with Crippen LogP contribution < -0.4 is 28.7 Å². The molecule has 0 bridgehead atoms. The maximum Gasteiger partial charge on any atom is 0.187 e. The van der Waals surface area contributed by atoms with E-state index in [1.165, 1.54) is 0 Å². The van der Waals surface area contributed by atoms with E-state index in [9.17, 15) is 35.7 Å². The molecule has 5 aliphatic rings. The Hall–Kier alpha value is -0.760. The Morgan fingerprint density at radius 1 is 0.622 bits per heavy atom. The highest BCUT2D eigenvalue weighted by atomic mass is 16.8. The lowest BCUT2D eigenvalue weighted by molar-refractivity contribution is -0.317. The number of nitrogens with two attached hydrogens (primary N) is 5. The Morgan fingerprint density at radius 3 is 1.93 bits per heavy atom. The summed E-state index contributed by atoms with van der Waals surface area (Å²) in [4.78, 5) is 0. The topological polar surface area (TPSA) is 336 Å². The van der Waals surface area contributed by atoms with Crippen molar-refractivity contribution in [3.8, 4) is 0 Å². The van der Waals surface area contributed by atoms with Crippen molar-refractivity contribution in [3.63, 3.8) is 0 Å². The quantitative estimate of drug-likeness (QED) is 0.115. The van der Waals surface area contributed by atoms with E-state index in [0.717, 1.165) is 0 Å². The molecule has 0 aromatic carbocycles. The number of ether oxygens (including phenoxy) is 7. The number of rotatable bonds is 8. The zero-order valence-electron chi connectivity index (χ0n) is 24.7. The summed E-state index contributed by atoms with van der Waals surface area (Å²) in [6.45, 7) is -0.497. The van der Waals surface area contributed by atoms with Gasteiger partial charge in [0.15, 0.2) is 18.9 Å². The van der Waals surface area contributed by atoms with Crippen molar-refractivity contribution in [2.24, 2.45) is 28.7 Å². The Balaban J connectivity index is 1.31. The molecule has 0 radical (unpaired) electrons. The molecule has 5 fully saturated rings. The van der Waals surface area contributed by atoms with Gasteiger partial charge in [-0.05, 0) is 19.3 Å². The predicted molar refractivity (Wildman–Crippen MR) is 148 cm³/mol. The summed E-state index contributed by atoms with van der Waals surface area (Å²) < 4.78 is 41.0. The molecule has 0 aromatic heterocycles. The Morgan fingerprint density at radius 2 is 1.24 bits per heavy atom. The Labute approximate surface area is 259 Å². The van der Waals surface area contributed by atoms with E-state index in [2.05, 4.69) is 0 Å². The lowest BCUT2D eigenvalue weighted by Gasteiger charge is -2.48. The van der Waals surface area contributed by atoms with Gasteiger partial charge in [0.2, 0.25) is 0 Å². The highest BCUT2D eigenvalue weighted by molar-refractivity contribution is 5.03. The molecule has 0 spiro atoms. The van der Waals surface area contributed by atoms with E-state index >= 15 is 0 Å². The van der Waals surface area contributed by atoms with Crippen LogP contribution in [0.15, 0.2) is 0 Å². The molecule has 19 heteroatoms. The first kappa shape index (κ1) is 35.5. The van der Waals surface area contributed by atoms with Crippen molar-refractivity contribution in [2.45, 2.75) is 142 Å². The van der Waals surface area contributed by atoms with Crippen LogP contribution in [0.25, 0.3) is 0 Å². The zero-order chi connectivity index (χ0) is 32.7. The van der Waals surface area contributed by atoms with Crippen LogP contribution in [0.1, 0.15) is 19.3 Å². The maximum absolute atomic E-state index is 11.2. The van der Waals surface area contributed by atoms with E-state index in [1.807, 2.05) is 0 Å². The Kier molecular flexibility index (Phi) is 11.7. The molecule has 4 heterocycles. The first-order valence-electron chi connectivity index (χ1n) is 15.3. The van der Waals surface area contributed by atoms with Gasteiger partial charge in [0.25, 0.3) is 0 Å². The largest absolute Gasteiger partial charge is 0.394 e. The molecule has 262 valence electrons.